The third kappa shape index (κ3) is 2.65. The van der Waals surface area contributed by atoms with Crippen LogP contribution in [-0.4, -0.2) is 40.0 Å². The molecular weight excluding hydrogens is 334 g/mol. The first kappa shape index (κ1) is 16.4. The first-order valence-electron chi connectivity index (χ1n) is 8.50. The van der Waals surface area contributed by atoms with E-state index < -0.39 is 11.3 Å². The molecule has 4 rings (SSSR count). The summed E-state index contributed by atoms with van der Waals surface area (Å²) in [6, 6.07) is 7.20. The minimum absolute atomic E-state index is 0.0201. The number of pyridine rings is 1. The minimum atomic E-state index is -1.06. The highest BCUT2D eigenvalue weighted by molar-refractivity contribution is 6.07. The lowest BCUT2D eigenvalue weighted by atomic mass is 10.0. The molecule has 7 heteroatoms. The van der Waals surface area contributed by atoms with E-state index in [1.165, 1.54) is 0 Å². The number of carbonyl (C=O) groups is 2. The molecule has 0 radical (unpaired) electrons. The molecule has 1 saturated carbocycles. The van der Waals surface area contributed by atoms with Crippen LogP contribution in [0.3, 0.4) is 0 Å². The van der Waals surface area contributed by atoms with Gasteiger partial charge in [0.05, 0.1) is 6.54 Å². The van der Waals surface area contributed by atoms with Gasteiger partial charge in [-0.25, -0.2) is 0 Å². The Bertz CT molecular complexity index is 878. The number of ether oxygens (including phenoxy) is 1. The topological polar surface area (TPSA) is 106 Å². The van der Waals surface area contributed by atoms with E-state index in [2.05, 4.69) is 4.98 Å². The molecule has 26 heavy (non-hydrogen) atoms. The van der Waals surface area contributed by atoms with Crippen molar-refractivity contribution in [2.75, 3.05) is 13.2 Å². The molecule has 2 amide bonds. The van der Waals surface area contributed by atoms with Crippen molar-refractivity contribution in [2.24, 2.45) is 11.1 Å². The summed E-state index contributed by atoms with van der Waals surface area (Å²) in [5.74, 6) is -0.434. The second-order valence-corrected chi connectivity index (χ2v) is 6.75. The van der Waals surface area contributed by atoms with Gasteiger partial charge in [0.25, 0.3) is 0 Å². The minimum Gasteiger partial charge on any atom is -0.504 e. The Kier molecular flexibility index (Phi) is 3.79. The van der Waals surface area contributed by atoms with Crippen LogP contribution in [0.5, 0.6) is 11.5 Å². The maximum absolute atomic E-state index is 12.8. The Morgan fingerprint density at radius 2 is 2.08 bits per heavy atom. The zero-order valence-electron chi connectivity index (χ0n) is 14.1. The van der Waals surface area contributed by atoms with Gasteiger partial charge in [-0.05, 0) is 36.6 Å². The number of amides is 2. The molecule has 2 aliphatic rings. The summed E-state index contributed by atoms with van der Waals surface area (Å²) in [6.07, 6.45) is 4.36. The van der Waals surface area contributed by atoms with E-state index in [1.807, 2.05) is 18.2 Å². The zero-order valence-corrected chi connectivity index (χ0v) is 14.1. The maximum Gasteiger partial charge on any atom is 0.238 e. The summed E-state index contributed by atoms with van der Waals surface area (Å²) in [7, 11) is 0. The van der Waals surface area contributed by atoms with E-state index >= 15 is 0 Å². The van der Waals surface area contributed by atoms with Gasteiger partial charge < -0.3 is 20.5 Å². The highest BCUT2D eigenvalue weighted by Crippen LogP contribution is 2.47. The average molecular weight is 353 g/mol. The molecule has 0 unspecified atom stereocenters. The fraction of sp³-hybridized carbons (Fsp3) is 0.316. The van der Waals surface area contributed by atoms with Crippen molar-refractivity contribution in [1.82, 2.24) is 9.88 Å². The third-order valence-electron chi connectivity index (χ3n) is 5.03. The SMILES string of the molecule is NC(=O)C1(C(=O)N2CCOc3c(O)cc(-c4cccnc4)cc3C2)CC1. The molecule has 1 aliphatic heterocycles. The quantitative estimate of drug-likeness (QED) is 0.812. The van der Waals surface area contributed by atoms with Gasteiger partial charge in [0, 0.05) is 30.1 Å². The van der Waals surface area contributed by atoms with E-state index in [9.17, 15) is 14.7 Å². The zero-order chi connectivity index (χ0) is 18.3. The highest BCUT2D eigenvalue weighted by Gasteiger charge is 2.57. The first-order valence-corrected chi connectivity index (χ1v) is 8.50. The van der Waals surface area contributed by atoms with Crippen molar-refractivity contribution in [3.63, 3.8) is 0 Å². The van der Waals surface area contributed by atoms with Gasteiger partial charge in [0.2, 0.25) is 11.8 Å². The van der Waals surface area contributed by atoms with Crippen molar-refractivity contribution in [3.05, 3.63) is 42.2 Å². The number of fused-ring (bicyclic) bond motifs is 1. The molecule has 0 atom stereocenters. The van der Waals surface area contributed by atoms with Gasteiger partial charge in [0.15, 0.2) is 11.5 Å². The molecule has 1 aromatic carbocycles. The van der Waals surface area contributed by atoms with Gasteiger partial charge in [-0.3, -0.25) is 14.6 Å². The van der Waals surface area contributed by atoms with E-state index in [-0.39, 0.29) is 24.8 Å². The molecular formula is C19H19N3O4. The second kappa shape index (κ2) is 6.01. The predicted octanol–water partition coefficient (Wildman–Crippen LogP) is 1.44. The van der Waals surface area contributed by atoms with Crippen LogP contribution < -0.4 is 10.5 Å². The van der Waals surface area contributed by atoms with Crippen LogP contribution in [0.1, 0.15) is 18.4 Å². The lowest BCUT2D eigenvalue weighted by Crippen LogP contribution is -2.43. The number of carbonyl (C=O) groups excluding carboxylic acids is 2. The molecule has 0 spiro atoms. The van der Waals surface area contributed by atoms with Crippen LogP contribution >= 0.6 is 0 Å². The lowest BCUT2D eigenvalue weighted by Gasteiger charge is -2.24. The largest absolute Gasteiger partial charge is 0.504 e. The van der Waals surface area contributed by atoms with Gasteiger partial charge in [-0.1, -0.05) is 6.07 Å². The number of hydrogen-bond donors (Lipinski definition) is 2. The Labute approximate surface area is 150 Å². The molecule has 3 N–H and O–H groups in total. The van der Waals surface area contributed by atoms with E-state index in [0.29, 0.717) is 30.7 Å². The van der Waals surface area contributed by atoms with E-state index in [1.54, 1.807) is 23.4 Å². The first-order chi connectivity index (χ1) is 12.5. The number of aromatic nitrogens is 1. The molecule has 1 fully saturated rings. The summed E-state index contributed by atoms with van der Waals surface area (Å²) in [5, 5.41) is 10.4. The Morgan fingerprint density at radius 3 is 2.73 bits per heavy atom. The molecule has 1 aromatic heterocycles. The van der Waals surface area contributed by atoms with Crippen molar-refractivity contribution < 1.29 is 19.4 Å². The number of phenols is 1. The van der Waals surface area contributed by atoms with Crippen LogP contribution in [-0.2, 0) is 16.1 Å². The fourth-order valence-corrected chi connectivity index (χ4v) is 3.37. The molecule has 0 bridgehead atoms. The Balaban J connectivity index is 1.68. The summed E-state index contributed by atoms with van der Waals surface area (Å²) in [4.78, 5) is 30.2. The number of phenolic OH excluding ortho intramolecular Hbond substituents is 1. The Morgan fingerprint density at radius 1 is 1.27 bits per heavy atom. The number of nitrogens with two attached hydrogens (primary N) is 1. The molecule has 1 aliphatic carbocycles. The monoisotopic (exact) mass is 353 g/mol. The molecule has 7 nitrogen and oxygen atoms in total. The van der Waals surface area contributed by atoms with E-state index in [4.69, 9.17) is 10.5 Å². The van der Waals surface area contributed by atoms with Gasteiger partial charge >= 0.3 is 0 Å². The van der Waals surface area contributed by atoms with E-state index in [0.717, 1.165) is 11.1 Å². The smallest absolute Gasteiger partial charge is 0.238 e. The van der Waals surface area contributed by atoms with Gasteiger partial charge in [-0.2, -0.15) is 0 Å². The molecule has 134 valence electrons. The Hall–Kier alpha value is -3.09. The number of hydrogen-bond acceptors (Lipinski definition) is 5. The standard InChI is InChI=1S/C19H19N3O4/c20-17(24)19(3-4-19)18(25)22-6-7-26-16-14(11-22)8-13(9-15(16)23)12-2-1-5-21-10-12/h1-2,5,8-10,23H,3-4,6-7,11H2,(H2,20,24). The average Bonchev–Trinajstić information content (AvgIpc) is 3.46. The molecule has 0 saturated heterocycles. The van der Waals surface area contributed by atoms with Crippen molar-refractivity contribution in [2.45, 2.75) is 19.4 Å². The summed E-state index contributed by atoms with van der Waals surface area (Å²) >= 11 is 0. The maximum atomic E-state index is 12.8. The van der Waals surface area contributed by atoms with Crippen molar-refractivity contribution >= 4 is 11.8 Å². The molecule has 2 aromatic rings. The van der Waals surface area contributed by atoms with Gasteiger partial charge in [0.1, 0.15) is 12.0 Å². The summed E-state index contributed by atoms with van der Waals surface area (Å²) in [6.45, 7) is 0.836. The number of nitrogens with zero attached hydrogens (tertiary/aromatic N) is 2. The summed E-state index contributed by atoms with van der Waals surface area (Å²) < 4.78 is 5.67. The number of primary amides is 1. The second-order valence-electron chi connectivity index (χ2n) is 6.75. The molecule has 2 heterocycles. The van der Waals surface area contributed by atoms with Crippen molar-refractivity contribution in [3.8, 4) is 22.6 Å². The lowest BCUT2D eigenvalue weighted by molar-refractivity contribution is -0.143. The van der Waals surface area contributed by atoms with Crippen LogP contribution in [0.25, 0.3) is 11.1 Å². The number of aromatic hydroxyl groups is 1. The van der Waals surface area contributed by atoms with Crippen LogP contribution in [0, 0.1) is 5.41 Å². The predicted molar refractivity (Wildman–Crippen MR) is 93.1 cm³/mol. The number of benzene rings is 1. The number of rotatable bonds is 3. The summed E-state index contributed by atoms with van der Waals surface area (Å²) in [5.41, 5.74) is 6.69. The van der Waals surface area contributed by atoms with Crippen molar-refractivity contribution in [1.29, 1.82) is 0 Å². The van der Waals surface area contributed by atoms with Gasteiger partial charge in [-0.15, -0.1) is 0 Å². The van der Waals surface area contributed by atoms with Crippen LogP contribution in [0.4, 0.5) is 0 Å². The highest BCUT2D eigenvalue weighted by atomic mass is 16.5. The van der Waals surface area contributed by atoms with Crippen LogP contribution in [0.15, 0.2) is 36.7 Å². The van der Waals surface area contributed by atoms with Crippen LogP contribution in [0.2, 0.25) is 0 Å². The normalized spacial score (nSPS) is 17.6. The fourth-order valence-electron chi connectivity index (χ4n) is 3.37. The third-order valence-corrected chi connectivity index (χ3v) is 5.03.